The number of pyridine rings is 1. The van der Waals surface area contributed by atoms with Crippen molar-refractivity contribution in [2.24, 2.45) is 0 Å². The van der Waals surface area contributed by atoms with Crippen LogP contribution in [0.25, 0.3) is 16.9 Å². The maximum atomic E-state index is 5.87. The molecule has 0 atom stereocenters. The second kappa shape index (κ2) is 11.0. The fourth-order valence-electron chi connectivity index (χ4n) is 4.13. The summed E-state index contributed by atoms with van der Waals surface area (Å²) in [7, 11) is 0. The number of benzene rings is 1. The molecule has 0 radical (unpaired) electrons. The number of imidazole rings is 1. The van der Waals surface area contributed by atoms with Gasteiger partial charge >= 0.3 is 0 Å². The topological polar surface area (TPSA) is 57.5 Å². The van der Waals surface area contributed by atoms with Gasteiger partial charge in [-0.25, -0.2) is 4.98 Å². The van der Waals surface area contributed by atoms with Crippen LogP contribution >= 0.6 is 12.4 Å². The zero-order valence-corrected chi connectivity index (χ0v) is 19.0. The lowest BCUT2D eigenvalue weighted by atomic mass is 10.1. The SMILES string of the molecule is Cl.c1cc(-c2cnc3ccc(N4CCOCC4)cn23)ccc1OCCOC1CCOCC1. The lowest BCUT2D eigenvalue weighted by molar-refractivity contribution is -0.0388. The molecule has 2 aromatic heterocycles. The summed E-state index contributed by atoms with van der Waals surface area (Å²) >= 11 is 0. The molecule has 0 bridgehead atoms. The van der Waals surface area contributed by atoms with Crippen molar-refractivity contribution in [3.8, 4) is 17.0 Å². The lowest BCUT2D eigenvalue weighted by Gasteiger charge is -2.28. The molecule has 0 saturated carbocycles. The summed E-state index contributed by atoms with van der Waals surface area (Å²) in [6.07, 6.45) is 6.34. The number of nitrogens with zero attached hydrogens (tertiary/aromatic N) is 3. The minimum Gasteiger partial charge on any atom is -0.491 e. The summed E-state index contributed by atoms with van der Waals surface area (Å²) in [6, 6.07) is 12.4. The first kappa shape index (κ1) is 22.9. The molecular weight excluding hydrogens is 430 g/mol. The third-order valence-corrected chi connectivity index (χ3v) is 5.89. The zero-order chi connectivity index (χ0) is 20.9. The van der Waals surface area contributed by atoms with E-state index in [1.165, 1.54) is 5.69 Å². The second-order valence-electron chi connectivity index (χ2n) is 7.91. The van der Waals surface area contributed by atoms with Gasteiger partial charge in [0.2, 0.25) is 0 Å². The van der Waals surface area contributed by atoms with E-state index in [4.69, 9.17) is 18.9 Å². The fourth-order valence-corrected chi connectivity index (χ4v) is 4.13. The van der Waals surface area contributed by atoms with Crippen LogP contribution in [0.5, 0.6) is 5.75 Å². The fraction of sp³-hybridized carbons (Fsp3) is 0.458. The molecule has 0 N–H and O–H groups in total. The van der Waals surface area contributed by atoms with Crippen LogP contribution in [0.2, 0.25) is 0 Å². The van der Waals surface area contributed by atoms with E-state index in [1.807, 2.05) is 18.3 Å². The van der Waals surface area contributed by atoms with Crippen molar-refractivity contribution in [1.82, 2.24) is 9.38 Å². The van der Waals surface area contributed by atoms with Crippen molar-refractivity contribution in [3.63, 3.8) is 0 Å². The Morgan fingerprint density at radius 2 is 1.66 bits per heavy atom. The number of hydrogen-bond acceptors (Lipinski definition) is 6. The molecule has 0 spiro atoms. The van der Waals surface area contributed by atoms with E-state index in [0.29, 0.717) is 19.3 Å². The molecule has 0 aliphatic carbocycles. The highest BCUT2D eigenvalue weighted by Gasteiger charge is 2.15. The lowest BCUT2D eigenvalue weighted by Crippen LogP contribution is -2.36. The first-order valence-electron chi connectivity index (χ1n) is 11.1. The smallest absolute Gasteiger partial charge is 0.137 e. The molecule has 4 heterocycles. The van der Waals surface area contributed by atoms with E-state index in [0.717, 1.165) is 75.0 Å². The van der Waals surface area contributed by atoms with Crippen LogP contribution < -0.4 is 9.64 Å². The molecular formula is C24H30ClN3O4. The van der Waals surface area contributed by atoms with Crippen molar-refractivity contribution >= 4 is 23.7 Å². The van der Waals surface area contributed by atoms with E-state index < -0.39 is 0 Å². The van der Waals surface area contributed by atoms with Gasteiger partial charge in [-0.1, -0.05) is 0 Å². The Morgan fingerprint density at radius 1 is 0.906 bits per heavy atom. The molecule has 1 aromatic carbocycles. The normalized spacial score (nSPS) is 17.3. The molecule has 2 fully saturated rings. The van der Waals surface area contributed by atoms with E-state index in [2.05, 4.69) is 44.7 Å². The summed E-state index contributed by atoms with van der Waals surface area (Å²) in [4.78, 5) is 6.93. The Morgan fingerprint density at radius 3 is 2.44 bits per heavy atom. The molecule has 3 aromatic rings. The van der Waals surface area contributed by atoms with Gasteiger partial charge in [0, 0.05) is 38.1 Å². The number of ether oxygens (including phenoxy) is 4. The van der Waals surface area contributed by atoms with Gasteiger partial charge < -0.3 is 23.8 Å². The largest absolute Gasteiger partial charge is 0.491 e. The molecule has 5 rings (SSSR count). The Balaban J connectivity index is 0.00000245. The average molecular weight is 460 g/mol. The van der Waals surface area contributed by atoms with Crippen LogP contribution in [-0.4, -0.2) is 68.2 Å². The van der Waals surface area contributed by atoms with Gasteiger partial charge in [0.25, 0.3) is 0 Å². The number of anilines is 1. The van der Waals surface area contributed by atoms with Crippen molar-refractivity contribution < 1.29 is 18.9 Å². The predicted molar refractivity (Wildman–Crippen MR) is 126 cm³/mol. The van der Waals surface area contributed by atoms with Crippen molar-refractivity contribution in [2.45, 2.75) is 18.9 Å². The van der Waals surface area contributed by atoms with Crippen LogP contribution in [0.15, 0.2) is 48.8 Å². The van der Waals surface area contributed by atoms with E-state index >= 15 is 0 Å². The average Bonchev–Trinajstić information content (AvgIpc) is 3.27. The van der Waals surface area contributed by atoms with Gasteiger partial charge in [-0.2, -0.15) is 0 Å². The Kier molecular flexibility index (Phi) is 7.86. The third kappa shape index (κ3) is 5.35. The number of aromatic nitrogens is 2. The highest BCUT2D eigenvalue weighted by Crippen LogP contribution is 2.26. The van der Waals surface area contributed by atoms with Gasteiger partial charge in [-0.15, -0.1) is 12.4 Å². The molecule has 0 unspecified atom stereocenters. The number of halogens is 1. The van der Waals surface area contributed by atoms with Crippen molar-refractivity contribution in [2.75, 3.05) is 57.6 Å². The molecule has 7 nitrogen and oxygen atoms in total. The monoisotopic (exact) mass is 459 g/mol. The zero-order valence-electron chi connectivity index (χ0n) is 18.2. The van der Waals surface area contributed by atoms with E-state index in [-0.39, 0.29) is 12.4 Å². The summed E-state index contributed by atoms with van der Waals surface area (Å²) in [5.41, 5.74) is 4.31. The van der Waals surface area contributed by atoms with Crippen molar-refractivity contribution in [1.29, 1.82) is 0 Å². The third-order valence-electron chi connectivity index (χ3n) is 5.89. The first-order valence-corrected chi connectivity index (χ1v) is 11.1. The number of rotatable bonds is 7. The minimum absolute atomic E-state index is 0. The molecule has 172 valence electrons. The summed E-state index contributed by atoms with van der Waals surface area (Å²) in [5, 5.41) is 0. The molecule has 32 heavy (non-hydrogen) atoms. The number of morpholine rings is 1. The Bertz CT molecular complexity index is 983. The molecule has 2 aliphatic heterocycles. The summed E-state index contributed by atoms with van der Waals surface area (Å²) in [6.45, 7) is 6.13. The minimum atomic E-state index is 0. The van der Waals surface area contributed by atoms with Crippen LogP contribution in [0.3, 0.4) is 0 Å². The Hall–Kier alpha value is -2.32. The highest BCUT2D eigenvalue weighted by molar-refractivity contribution is 5.85. The van der Waals surface area contributed by atoms with Crippen molar-refractivity contribution in [3.05, 3.63) is 48.8 Å². The molecule has 0 amide bonds. The van der Waals surface area contributed by atoms with Gasteiger partial charge in [0.15, 0.2) is 0 Å². The maximum Gasteiger partial charge on any atom is 0.137 e. The quantitative estimate of drug-likeness (QED) is 0.500. The van der Waals surface area contributed by atoms with Crippen LogP contribution in [0, 0.1) is 0 Å². The molecule has 8 heteroatoms. The standard InChI is InChI=1S/C24H29N3O4.ClH/c1-4-21(30-15-16-31-22-7-11-28-12-8-22)5-2-19(1)23-17-25-24-6-3-20(18-27(23)24)26-9-13-29-14-10-26;/h1-6,17-18,22H,7-16H2;1H. The first-order chi connectivity index (χ1) is 15.4. The van der Waals surface area contributed by atoms with Gasteiger partial charge in [-0.05, 0) is 49.2 Å². The van der Waals surface area contributed by atoms with Crippen LogP contribution in [-0.2, 0) is 14.2 Å². The predicted octanol–water partition coefficient (Wildman–Crippen LogP) is 3.83. The van der Waals surface area contributed by atoms with E-state index in [9.17, 15) is 0 Å². The Labute approximate surface area is 194 Å². The summed E-state index contributed by atoms with van der Waals surface area (Å²) in [5.74, 6) is 0.849. The van der Waals surface area contributed by atoms with Crippen LogP contribution in [0.1, 0.15) is 12.8 Å². The number of fused-ring (bicyclic) bond motifs is 1. The maximum absolute atomic E-state index is 5.87. The van der Waals surface area contributed by atoms with Gasteiger partial charge in [0.1, 0.15) is 18.0 Å². The van der Waals surface area contributed by atoms with Crippen LogP contribution in [0.4, 0.5) is 5.69 Å². The second-order valence-corrected chi connectivity index (χ2v) is 7.91. The number of hydrogen-bond donors (Lipinski definition) is 0. The van der Waals surface area contributed by atoms with Gasteiger partial charge in [-0.3, -0.25) is 4.40 Å². The summed E-state index contributed by atoms with van der Waals surface area (Å²) < 4.78 is 24.7. The molecule has 2 aliphatic rings. The van der Waals surface area contributed by atoms with Gasteiger partial charge in [0.05, 0.1) is 43.5 Å². The van der Waals surface area contributed by atoms with E-state index in [1.54, 1.807) is 0 Å². The molecule has 2 saturated heterocycles. The highest BCUT2D eigenvalue weighted by atomic mass is 35.5.